The average Bonchev–Trinajstić information content (AvgIpc) is 2.60. The van der Waals surface area contributed by atoms with E-state index in [9.17, 15) is 9.90 Å². The summed E-state index contributed by atoms with van der Waals surface area (Å²) in [5.74, 6) is 0.771. The fraction of sp³-hybridized carbons (Fsp3) is 0.667. The molecule has 0 bridgehead atoms. The van der Waals surface area contributed by atoms with Gasteiger partial charge in [-0.1, -0.05) is 38.2 Å². The Hall–Kier alpha value is -1.62. The van der Waals surface area contributed by atoms with Crippen LogP contribution < -0.4 is 10.6 Å². The number of hydrogen-bond donors (Lipinski definition) is 3. The molecule has 128 valence electrons. The predicted molar refractivity (Wildman–Crippen MR) is 91.1 cm³/mol. The minimum absolute atomic E-state index is 0.00556. The van der Waals surface area contributed by atoms with E-state index in [2.05, 4.69) is 15.6 Å². The van der Waals surface area contributed by atoms with Gasteiger partial charge in [-0.3, -0.25) is 4.98 Å². The number of aliphatic hydroxyl groups is 1. The first kappa shape index (κ1) is 17.7. The molecule has 5 heteroatoms. The molecule has 1 aromatic rings. The van der Waals surface area contributed by atoms with Crippen molar-refractivity contribution < 1.29 is 9.90 Å². The molecule has 0 spiro atoms. The Balaban J connectivity index is 1.60. The lowest BCUT2D eigenvalue weighted by Crippen LogP contribution is -2.40. The standard InChI is InChI=1S/C18H29N3O2/c22-14-16(12-17-8-4-5-10-19-17)13-21-18(23)20-11-9-15-6-2-1-3-7-15/h4-5,8,10,15-16,22H,1-3,6-7,9,11-14H2,(H2,20,21,23). The number of urea groups is 1. The van der Waals surface area contributed by atoms with Crippen molar-refractivity contribution in [3.8, 4) is 0 Å². The number of aromatic nitrogens is 1. The summed E-state index contributed by atoms with van der Waals surface area (Å²) in [7, 11) is 0. The van der Waals surface area contributed by atoms with Crippen LogP contribution in [0.2, 0.25) is 0 Å². The minimum Gasteiger partial charge on any atom is -0.396 e. The summed E-state index contributed by atoms with van der Waals surface area (Å²) < 4.78 is 0. The van der Waals surface area contributed by atoms with Crippen LogP contribution in [0.15, 0.2) is 24.4 Å². The molecule has 2 amide bonds. The third kappa shape index (κ3) is 6.99. The summed E-state index contributed by atoms with van der Waals surface area (Å²) in [6, 6.07) is 5.60. The summed E-state index contributed by atoms with van der Waals surface area (Å²) in [5, 5.41) is 15.2. The number of nitrogens with zero attached hydrogens (tertiary/aromatic N) is 1. The summed E-state index contributed by atoms with van der Waals surface area (Å²) in [5.41, 5.74) is 0.936. The Kier molecular flexibility index (Phi) is 7.87. The molecule has 0 radical (unpaired) electrons. The van der Waals surface area contributed by atoms with Crippen molar-refractivity contribution >= 4 is 6.03 Å². The Labute approximate surface area is 138 Å². The van der Waals surface area contributed by atoms with Crippen molar-refractivity contribution in [1.29, 1.82) is 0 Å². The van der Waals surface area contributed by atoms with Gasteiger partial charge < -0.3 is 15.7 Å². The van der Waals surface area contributed by atoms with Gasteiger partial charge in [0, 0.05) is 37.5 Å². The van der Waals surface area contributed by atoms with Gasteiger partial charge >= 0.3 is 6.03 Å². The molecule has 2 rings (SSSR count). The molecule has 0 aromatic carbocycles. The van der Waals surface area contributed by atoms with E-state index in [4.69, 9.17) is 0 Å². The lowest BCUT2D eigenvalue weighted by molar-refractivity contribution is 0.213. The predicted octanol–water partition coefficient (Wildman–Crippen LogP) is 2.50. The number of rotatable bonds is 8. The Bertz CT molecular complexity index is 447. The number of pyridine rings is 1. The summed E-state index contributed by atoms with van der Waals surface area (Å²) >= 11 is 0. The van der Waals surface area contributed by atoms with Gasteiger partial charge in [-0.05, 0) is 30.9 Å². The summed E-state index contributed by atoms with van der Waals surface area (Å²) in [6.07, 6.45) is 10.1. The zero-order valence-electron chi connectivity index (χ0n) is 13.8. The zero-order chi connectivity index (χ0) is 16.3. The Morgan fingerprint density at radius 3 is 2.78 bits per heavy atom. The van der Waals surface area contributed by atoms with Crippen LogP contribution in [0.3, 0.4) is 0 Å². The number of amides is 2. The molecule has 5 nitrogen and oxygen atoms in total. The molecule has 1 aromatic heterocycles. The molecule has 0 aliphatic heterocycles. The second kappa shape index (κ2) is 10.2. The quantitative estimate of drug-likeness (QED) is 0.689. The van der Waals surface area contributed by atoms with E-state index in [1.165, 1.54) is 32.1 Å². The van der Waals surface area contributed by atoms with E-state index in [0.29, 0.717) is 13.0 Å². The normalized spacial score (nSPS) is 16.7. The number of carbonyl (C=O) groups is 1. The molecule has 23 heavy (non-hydrogen) atoms. The molecular weight excluding hydrogens is 290 g/mol. The average molecular weight is 319 g/mol. The minimum atomic E-state index is -0.139. The van der Waals surface area contributed by atoms with Crippen LogP contribution in [-0.4, -0.2) is 35.8 Å². The number of aliphatic hydroxyl groups excluding tert-OH is 1. The third-order valence-corrected chi connectivity index (χ3v) is 4.60. The van der Waals surface area contributed by atoms with Crippen molar-refractivity contribution in [3.05, 3.63) is 30.1 Å². The van der Waals surface area contributed by atoms with Gasteiger partial charge in [-0.15, -0.1) is 0 Å². The highest BCUT2D eigenvalue weighted by atomic mass is 16.3. The van der Waals surface area contributed by atoms with Crippen LogP contribution in [0.25, 0.3) is 0 Å². The molecule has 1 saturated carbocycles. The fourth-order valence-corrected chi connectivity index (χ4v) is 3.18. The molecule has 1 heterocycles. The largest absolute Gasteiger partial charge is 0.396 e. The van der Waals surface area contributed by atoms with Crippen molar-refractivity contribution in [2.45, 2.75) is 44.9 Å². The van der Waals surface area contributed by atoms with Crippen LogP contribution in [0.4, 0.5) is 4.79 Å². The van der Waals surface area contributed by atoms with Gasteiger partial charge in [0.1, 0.15) is 0 Å². The number of hydrogen-bond acceptors (Lipinski definition) is 3. The van der Waals surface area contributed by atoms with E-state index in [1.54, 1.807) is 6.20 Å². The van der Waals surface area contributed by atoms with E-state index >= 15 is 0 Å². The summed E-state index contributed by atoms with van der Waals surface area (Å²) in [4.78, 5) is 16.1. The van der Waals surface area contributed by atoms with E-state index in [-0.39, 0.29) is 18.6 Å². The molecule has 1 fully saturated rings. The van der Waals surface area contributed by atoms with Crippen LogP contribution in [-0.2, 0) is 6.42 Å². The van der Waals surface area contributed by atoms with Gasteiger partial charge in [0.15, 0.2) is 0 Å². The van der Waals surface area contributed by atoms with Crippen LogP contribution >= 0.6 is 0 Å². The maximum atomic E-state index is 11.8. The van der Waals surface area contributed by atoms with Crippen molar-refractivity contribution in [2.75, 3.05) is 19.7 Å². The SMILES string of the molecule is O=C(NCCC1CCCCC1)NCC(CO)Cc1ccccn1. The second-order valence-electron chi connectivity index (χ2n) is 6.50. The van der Waals surface area contributed by atoms with Gasteiger partial charge in [0.2, 0.25) is 0 Å². The highest BCUT2D eigenvalue weighted by molar-refractivity contribution is 5.73. The molecule has 1 unspecified atom stereocenters. The first-order chi connectivity index (χ1) is 11.3. The van der Waals surface area contributed by atoms with E-state index in [1.807, 2.05) is 18.2 Å². The van der Waals surface area contributed by atoms with E-state index < -0.39 is 0 Å². The van der Waals surface area contributed by atoms with Gasteiger partial charge in [0.25, 0.3) is 0 Å². The lowest BCUT2D eigenvalue weighted by Gasteiger charge is -2.21. The molecule has 1 atom stereocenters. The first-order valence-corrected chi connectivity index (χ1v) is 8.80. The highest BCUT2D eigenvalue weighted by Crippen LogP contribution is 2.25. The second-order valence-corrected chi connectivity index (χ2v) is 6.50. The van der Waals surface area contributed by atoms with Crippen molar-refractivity contribution in [2.24, 2.45) is 11.8 Å². The maximum Gasteiger partial charge on any atom is 0.314 e. The van der Waals surface area contributed by atoms with Crippen LogP contribution in [0.5, 0.6) is 0 Å². The molecule has 3 N–H and O–H groups in total. The lowest BCUT2D eigenvalue weighted by atomic mass is 9.87. The highest BCUT2D eigenvalue weighted by Gasteiger charge is 2.14. The number of carbonyl (C=O) groups excluding carboxylic acids is 1. The molecule has 1 aliphatic carbocycles. The van der Waals surface area contributed by atoms with E-state index in [0.717, 1.165) is 24.6 Å². The van der Waals surface area contributed by atoms with Gasteiger partial charge in [-0.25, -0.2) is 4.79 Å². The topological polar surface area (TPSA) is 74.2 Å². The van der Waals surface area contributed by atoms with Crippen LogP contribution in [0, 0.1) is 11.8 Å². The zero-order valence-corrected chi connectivity index (χ0v) is 13.8. The Morgan fingerprint density at radius 2 is 2.09 bits per heavy atom. The van der Waals surface area contributed by atoms with Crippen LogP contribution in [0.1, 0.15) is 44.2 Å². The smallest absolute Gasteiger partial charge is 0.314 e. The van der Waals surface area contributed by atoms with Gasteiger partial charge in [0.05, 0.1) is 0 Å². The molecule has 0 saturated heterocycles. The van der Waals surface area contributed by atoms with Crippen molar-refractivity contribution in [1.82, 2.24) is 15.6 Å². The monoisotopic (exact) mass is 319 g/mol. The van der Waals surface area contributed by atoms with Gasteiger partial charge in [-0.2, -0.15) is 0 Å². The maximum absolute atomic E-state index is 11.8. The first-order valence-electron chi connectivity index (χ1n) is 8.80. The molecular formula is C18H29N3O2. The molecule has 1 aliphatic rings. The third-order valence-electron chi connectivity index (χ3n) is 4.60. The number of nitrogens with one attached hydrogen (secondary N) is 2. The Morgan fingerprint density at radius 1 is 1.26 bits per heavy atom. The van der Waals surface area contributed by atoms with Crippen molar-refractivity contribution in [3.63, 3.8) is 0 Å². The fourth-order valence-electron chi connectivity index (χ4n) is 3.18. The summed E-state index contributed by atoms with van der Waals surface area (Å²) in [6.45, 7) is 1.24.